The summed E-state index contributed by atoms with van der Waals surface area (Å²) in [5, 5.41) is 4.76. The summed E-state index contributed by atoms with van der Waals surface area (Å²) in [6.07, 6.45) is 4.43. The highest BCUT2D eigenvalue weighted by Gasteiger charge is 2.14. The van der Waals surface area contributed by atoms with Crippen LogP contribution in [0, 0.1) is 0 Å². The van der Waals surface area contributed by atoms with Gasteiger partial charge in [0.05, 0.1) is 9.88 Å². The number of nitrogen functional groups attached to an aromatic ring is 1. The molecule has 5 nitrogen and oxygen atoms in total. The smallest absolute Gasteiger partial charge is 0.268 e. The van der Waals surface area contributed by atoms with Crippen molar-refractivity contribution < 1.29 is 4.52 Å². The van der Waals surface area contributed by atoms with Gasteiger partial charge in [0, 0.05) is 18.0 Å². The van der Waals surface area contributed by atoms with Crippen molar-refractivity contribution in [1.29, 1.82) is 0 Å². The third-order valence-corrected chi connectivity index (χ3v) is 3.69. The Morgan fingerprint density at radius 1 is 1.32 bits per heavy atom. The quantitative estimate of drug-likeness (QED) is 0.793. The van der Waals surface area contributed by atoms with E-state index in [1.807, 2.05) is 24.4 Å². The number of nitrogens with zero attached hydrogens (tertiary/aromatic N) is 3. The first kappa shape index (κ1) is 11.9. The van der Waals surface area contributed by atoms with Crippen LogP contribution in [0.25, 0.3) is 22.2 Å². The number of pyridine rings is 1. The van der Waals surface area contributed by atoms with E-state index in [0.29, 0.717) is 11.7 Å². The topological polar surface area (TPSA) is 77.8 Å². The van der Waals surface area contributed by atoms with Crippen LogP contribution in [0.5, 0.6) is 0 Å². The molecular formula is C13H12N4OS. The van der Waals surface area contributed by atoms with Gasteiger partial charge >= 0.3 is 0 Å². The van der Waals surface area contributed by atoms with E-state index in [1.54, 1.807) is 6.20 Å². The Kier molecular flexibility index (Phi) is 3.00. The summed E-state index contributed by atoms with van der Waals surface area (Å²) in [4.78, 5) is 9.41. The van der Waals surface area contributed by atoms with Gasteiger partial charge in [0.2, 0.25) is 5.82 Å². The molecule has 96 valence electrons. The largest absolute Gasteiger partial charge is 0.391 e. The Balaban J connectivity index is 2.01. The van der Waals surface area contributed by atoms with Crippen LogP contribution in [0.3, 0.4) is 0 Å². The molecule has 3 aromatic heterocycles. The molecule has 2 N–H and O–H groups in total. The highest BCUT2D eigenvalue weighted by atomic mass is 32.1. The van der Waals surface area contributed by atoms with Gasteiger partial charge in [-0.15, -0.1) is 11.3 Å². The van der Waals surface area contributed by atoms with Gasteiger partial charge in [0.15, 0.2) is 0 Å². The molecule has 0 unspecified atom stereocenters. The molecule has 0 fully saturated rings. The Labute approximate surface area is 114 Å². The monoisotopic (exact) mass is 272 g/mol. The van der Waals surface area contributed by atoms with E-state index in [0.717, 1.165) is 27.4 Å². The third-order valence-electron chi connectivity index (χ3n) is 2.79. The maximum Gasteiger partial charge on any atom is 0.268 e. The number of nitrogens with two attached hydrogens (primary N) is 1. The van der Waals surface area contributed by atoms with Crippen LogP contribution in [0.2, 0.25) is 0 Å². The maximum absolute atomic E-state index is 5.70. The molecule has 19 heavy (non-hydrogen) atoms. The lowest BCUT2D eigenvalue weighted by Crippen LogP contribution is -1.90. The average Bonchev–Trinajstić information content (AvgIpc) is 3.07. The van der Waals surface area contributed by atoms with Crippen LogP contribution < -0.4 is 5.73 Å². The number of aryl methyl sites for hydroxylation is 1. The third kappa shape index (κ3) is 2.22. The molecule has 0 aliphatic heterocycles. The zero-order valence-corrected chi connectivity index (χ0v) is 11.1. The maximum atomic E-state index is 5.70. The minimum absolute atomic E-state index is 0.496. The van der Waals surface area contributed by atoms with Gasteiger partial charge in [-0.2, -0.15) is 4.98 Å². The number of rotatable bonds is 3. The van der Waals surface area contributed by atoms with Crippen molar-refractivity contribution in [3.8, 4) is 22.2 Å². The van der Waals surface area contributed by atoms with Crippen LogP contribution in [-0.4, -0.2) is 15.1 Å². The van der Waals surface area contributed by atoms with Crippen molar-refractivity contribution >= 4 is 16.3 Å². The van der Waals surface area contributed by atoms with Gasteiger partial charge in [-0.1, -0.05) is 12.1 Å². The molecule has 0 saturated carbocycles. The zero-order valence-electron chi connectivity index (χ0n) is 10.3. The van der Waals surface area contributed by atoms with E-state index >= 15 is 0 Å². The lowest BCUT2D eigenvalue weighted by Gasteiger charge is -2.00. The van der Waals surface area contributed by atoms with E-state index < -0.39 is 0 Å². The van der Waals surface area contributed by atoms with Crippen molar-refractivity contribution in [3.05, 3.63) is 36.2 Å². The molecule has 3 heterocycles. The van der Waals surface area contributed by atoms with Crippen molar-refractivity contribution in [2.75, 3.05) is 5.73 Å². The normalized spacial score (nSPS) is 10.8. The van der Waals surface area contributed by atoms with Crippen LogP contribution in [0.1, 0.15) is 12.5 Å². The fourth-order valence-corrected chi connectivity index (χ4v) is 2.52. The van der Waals surface area contributed by atoms with E-state index in [9.17, 15) is 0 Å². The van der Waals surface area contributed by atoms with Gasteiger partial charge in [-0.25, -0.2) is 0 Å². The Hall–Kier alpha value is -2.21. The summed E-state index contributed by atoms with van der Waals surface area (Å²) >= 11 is 1.43. The average molecular weight is 272 g/mol. The number of hydrogen-bond acceptors (Lipinski definition) is 6. The Morgan fingerprint density at radius 3 is 2.95 bits per heavy atom. The molecule has 0 bridgehead atoms. The summed E-state index contributed by atoms with van der Waals surface area (Å²) in [6.45, 7) is 2.07. The highest BCUT2D eigenvalue weighted by molar-refractivity contribution is 7.19. The van der Waals surface area contributed by atoms with Crippen LogP contribution in [-0.2, 0) is 6.42 Å². The van der Waals surface area contributed by atoms with Crippen molar-refractivity contribution in [2.45, 2.75) is 13.3 Å². The van der Waals surface area contributed by atoms with Gasteiger partial charge in [-0.3, -0.25) is 4.98 Å². The van der Waals surface area contributed by atoms with Crippen molar-refractivity contribution in [3.63, 3.8) is 0 Å². The first-order chi connectivity index (χ1) is 9.28. The van der Waals surface area contributed by atoms with E-state index in [1.165, 1.54) is 11.3 Å². The molecule has 0 amide bonds. The molecule has 3 rings (SSSR count). The molecule has 0 aliphatic carbocycles. The zero-order chi connectivity index (χ0) is 13.2. The molecule has 3 aromatic rings. The minimum atomic E-state index is 0.496. The molecular weight excluding hydrogens is 260 g/mol. The summed E-state index contributed by atoms with van der Waals surface area (Å²) in [6, 6.07) is 5.61. The Morgan fingerprint density at radius 2 is 2.21 bits per heavy atom. The second kappa shape index (κ2) is 4.81. The van der Waals surface area contributed by atoms with Gasteiger partial charge in [0.25, 0.3) is 5.89 Å². The molecule has 0 spiro atoms. The standard InChI is InChI=1S/C13H12N4OS/c1-2-8-7-15-6-5-9(8)12-16-13(18-17-12)10-3-4-11(14)19-10/h3-7H,2,14H2,1H3. The molecule has 0 atom stereocenters. The predicted octanol–water partition coefficient (Wildman–Crippen LogP) is 3.00. The molecule has 0 aliphatic rings. The summed E-state index contributed by atoms with van der Waals surface area (Å²) in [5.74, 6) is 1.08. The summed E-state index contributed by atoms with van der Waals surface area (Å²) < 4.78 is 5.29. The van der Waals surface area contributed by atoms with Crippen molar-refractivity contribution in [1.82, 2.24) is 15.1 Å². The highest BCUT2D eigenvalue weighted by Crippen LogP contribution is 2.30. The van der Waals surface area contributed by atoms with Crippen LogP contribution in [0.4, 0.5) is 5.00 Å². The predicted molar refractivity (Wildman–Crippen MR) is 74.6 cm³/mol. The second-order valence-electron chi connectivity index (χ2n) is 4.01. The fourth-order valence-electron chi connectivity index (χ4n) is 1.83. The first-order valence-electron chi connectivity index (χ1n) is 5.90. The van der Waals surface area contributed by atoms with Gasteiger partial charge in [-0.05, 0) is 30.2 Å². The van der Waals surface area contributed by atoms with E-state index in [-0.39, 0.29) is 0 Å². The SMILES string of the molecule is CCc1cnccc1-c1noc(-c2ccc(N)s2)n1. The van der Waals surface area contributed by atoms with Gasteiger partial charge < -0.3 is 10.3 Å². The number of thiophene rings is 1. The number of anilines is 1. The minimum Gasteiger partial charge on any atom is -0.391 e. The fraction of sp³-hybridized carbons (Fsp3) is 0.154. The first-order valence-corrected chi connectivity index (χ1v) is 6.72. The lowest BCUT2D eigenvalue weighted by molar-refractivity contribution is 0.433. The molecule has 0 radical (unpaired) electrons. The summed E-state index contributed by atoms with van der Waals surface area (Å²) in [7, 11) is 0. The molecule has 0 saturated heterocycles. The number of aromatic nitrogens is 3. The van der Waals surface area contributed by atoms with Crippen molar-refractivity contribution in [2.24, 2.45) is 0 Å². The molecule has 0 aromatic carbocycles. The Bertz CT molecular complexity index is 704. The van der Waals surface area contributed by atoms with E-state index in [2.05, 4.69) is 22.0 Å². The lowest BCUT2D eigenvalue weighted by atomic mass is 10.1. The second-order valence-corrected chi connectivity index (χ2v) is 5.13. The van der Waals surface area contributed by atoms with Crippen LogP contribution >= 0.6 is 11.3 Å². The van der Waals surface area contributed by atoms with Gasteiger partial charge in [0.1, 0.15) is 0 Å². The summed E-state index contributed by atoms with van der Waals surface area (Å²) in [5.41, 5.74) is 7.75. The van der Waals surface area contributed by atoms with E-state index in [4.69, 9.17) is 10.3 Å². The van der Waals surface area contributed by atoms with Crippen LogP contribution in [0.15, 0.2) is 35.1 Å². The number of hydrogen-bond donors (Lipinski definition) is 1. The molecule has 6 heteroatoms.